The average molecular weight is 410 g/mol. The molecule has 0 bridgehead atoms. The number of nitrogens with one attached hydrogen (secondary N) is 1. The molecule has 0 radical (unpaired) electrons. The van der Waals surface area contributed by atoms with Gasteiger partial charge in [0.15, 0.2) is 0 Å². The summed E-state index contributed by atoms with van der Waals surface area (Å²) in [4.78, 5) is 13.3. The molecule has 0 aliphatic carbocycles. The third-order valence-electron chi connectivity index (χ3n) is 2.93. The van der Waals surface area contributed by atoms with E-state index < -0.39 is 5.60 Å². The van der Waals surface area contributed by atoms with E-state index in [1.807, 2.05) is 39.0 Å². The van der Waals surface area contributed by atoms with Gasteiger partial charge in [-0.3, -0.25) is 0 Å². The molecule has 2 rings (SSSR count). The number of hydrogen-bond donors (Lipinski definition) is 1. The van der Waals surface area contributed by atoms with Crippen molar-refractivity contribution in [3.63, 3.8) is 0 Å². The van der Waals surface area contributed by atoms with Crippen molar-refractivity contribution in [3.8, 4) is 0 Å². The predicted octanol–water partition coefficient (Wildman–Crippen LogP) is 4.06. The van der Waals surface area contributed by atoms with Crippen molar-refractivity contribution in [2.24, 2.45) is 0 Å². The first-order valence-electron chi connectivity index (χ1n) is 9.54. The summed E-state index contributed by atoms with van der Waals surface area (Å²) in [7, 11) is 0. The first-order valence-corrected chi connectivity index (χ1v) is 8.84. The summed E-state index contributed by atoms with van der Waals surface area (Å²) in [5, 5.41) is 3.18. The fourth-order valence-corrected chi connectivity index (χ4v) is 1.81. The molecule has 0 atom stereocenters. The lowest BCUT2D eigenvalue weighted by Gasteiger charge is -2.27. The van der Waals surface area contributed by atoms with Crippen molar-refractivity contribution < 1.29 is 20.4 Å². The molecule has 27 heavy (non-hydrogen) atoms. The standard InChI is InChI=1S/C11H19NO3.C6H11NO.C2H6.CH4.ClH/c1-11(2,3)15-10(13)12-6-4-5-8-14-9-7-12;1-2-5-8-6-4-7-3-1;1-2;;/h4-5H,6-9H2,1-3H3;1-2,7H,3-6H2;1-2H3;1H4;1H/b5-4-;;;;/i;;1D;;. The Morgan fingerprint density at radius 2 is 1.74 bits per heavy atom. The second kappa shape index (κ2) is 19.7. The molecule has 1 N–H and O–H groups in total. The Bertz CT molecular complexity index is 406. The van der Waals surface area contributed by atoms with Crippen LogP contribution >= 0.6 is 12.4 Å². The third-order valence-corrected chi connectivity index (χ3v) is 2.93. The minimum atomic E-state index is -0.440. The second-order valence-corrected chi connectivity index (χ2v) is 6.22. The number of carbonyl (C=O) groups is 1. The fourth-order valence-electron chi connectivity index (χ4n) is 1.81. The highest BCUT2D eigenvalue weighted by Gasteiger charge is 2.21. The van der Waals surface area contributed by atoms with Crippen LogP contribution in [-0.4, -0.2) is 69.2 Å². The highest BCUT2D eigenvalue weighted by Crippen LogP contribution is 2.10. The van der Waals surface area contributed by atoms with Crippen LogP contribution in [0, 0.1) is 0 Å². The zero-order chi connectivity index (χ0) is 19.7. The lowest BCUT2D eigenvalue weighted by atomic mass is 10.2. The van der Waals surface area contributed by atoms with Gasteiger partial charge in [0.05, 0.1) is 26.4 Å². The summed E-state index contributed by atoms with van der Waals surface area (Å²) in [6.07, 6.45) is 7.67. The molecule has 0 saturated heterocycles. The summed E-state index contributed by atoms with van der Waals surface area (Å²) in [5.74, 6) is 0. The summed E-state index contributed by atoms with van der Waals surface area (Å²) < 4.78 is 21.9. The van der Waals surface area contributed by atoms with E-state index in [0.29, 0.717) is 33.2 Å². The van der Waals surface area contributed by atoms with Gasteiger partial charge in [-0.15, -0.1) is 12.4 Å². The van der Waals surface area contributed by atoms with Crippen molar-refractivity contribution in [2.75, 3.05) is 52.6 Å². The number of hydrogen-bond acceptors (Lipinski definition) is 5. The van der Waals surface area contributed by atoms with Crippen molar-refractivity contribution >= 4 is 18.5 Å². The monoisotopic (exact) mass is 409 g/mol. The van der Waals surface area contributed by atoms with Crippen LogP contribution in [0.25, 0.3) is 0 Å². The van der Waals surface area contributed by atoms with Crippen LogP contribution in [-0.2, 0) is 14.2 Å². The van der Waals surface area contributed by atoms with E-state index in [2.05, 4.69) is 11.4 Å². The molecule has 0 aromatic carbocycles. The van der Waals surface area contributed by atoms with Crippen LogP contribution in [0.3, 0.4) is 0 Å². The molecule has 0 saturated carbocycles. The molecule has 7 heteroatoms. The number of rotatable bonds is 0. The normalized spacial score (nSPS) is 18.5. The number of ether oxygens (including phenoxy) is 3. The number of nitrogens with zero attached hydrogens (tertiary/aromatic N) is 1. The van der Waals surface area contributed by atoms with Crippen molar-refractivity contribution in [3.05, 3.63) is 24.3 Å². The largest absolute Gasteiger partial charge is 0.444 e. The molecule has 2 heterocycles. The van der Waals surface area contributed by atoms with Gasteiger partial charge in [0.2, 0.25) is 0 Å². The lowest BCUT2D eigenvalue weighted by molar-refractivity contribution is 0.0203. The Balaban J connectivity index is -0.000000408. The fraction of sp³-hybridized carbons (Fsp3) is 0.750. The molecular weight excluding hydrogens is 368 g/mol. The maximum atomic E-state index is 11.7. The molecule has 1 amide bonds. The molecule has 0 fully saturated rings. The lowest BCUT2D eigenvalue weighted by Crippen LogP contribution is -2.39. The van der Waals surface area contributed by atoms with Crippen molar-refractivity contribution in [2.45, 2.75) is 47.6 Å². The topological polar surface area (TPSA) is 60.0 Å². The van der Waals surface area contributed by atoms with Gasteiger partial charge in [0.1, 0.15) is 5.60 Å². The van der Waals surface area contributed by atoms with Gasteiger partial charge >= 0.3 is 6.09 Å². The number of carbonyl (C=O) groups excluding carboxylic acids is 1. The third kappa shape index (κ3) is 19.5. The molecule has 162 valence electrons. The molecule has 0 aromatic heterocycles. The van der Waals surface area contributed by atoms with E-state index in [1.165, 1.54) is 0 Å². The minimum absolute atomic E-state index is 0. The molecule has 0 spiro atoms. The van der Waals surface area contributed by atoms with E-state index in [-0.39, 0.29) is 25.9 Å². The Kier molecular flexibility index (Phi) is 20.5. The average Bonchev–Trinajstić information content (AvgIpc) is 2.45. The number of amides is 1. The van der Waals surface area contributed by atoms with Crippen LogP contribution in [0.5, 0.6) is 0 Å². The SMILES string of the molecule is C.C1=CCOCCNC1.CC(C)(C)OC(=O)N1C/C=C\COCC1.Cl.[2H]CC. The van der Waals surface area contributed by atoms with Crippen LogP contribution < -0.4 is 5.32 Å². The van der Waals surface area contributed by atoms with Crippen molar-refractivity contribution in [1.29, 1.82) is 0 Å². The first-order chi connectivity index (χ1) is 12.4. The van der Waals surface area contributed by atoms with Gasteiger partial charge in [-0.25, -0.2) is 4.79 Å². The Morgan fingerprint density at radius 3 is 2.37 bits per heavy atom. The maximum absolute atomic E-state index is 11.7. The zero-order valence-electron chi connectivity index (χ0n) is 17.7. The van der Waals surface area contributed by atoms with Gasteiger partial charge in [-0.05, 0) is 20.8 Å². The zero-order valence-corrected chi connectivity index (χ0v) is 17.5. The van der Waals surface area contributed by atoms with Crippen LogP contribution in [0.1, 0.15) is 43.4 Å². The molecule has 6 nitrogen and oxygen atoms in total. The van der Waals surface area contributed by atoms with Gasteiger partial charge in [-0.2, -0.15) is 0 Å². The van der Waals surface area contributed by atoms with Crippen LogP contribution in [0.2, 0.25) is 0 Å². The quantitative estimate of drug-likeness (QED) is 0.611. The molecule has 0 unspecified atom stereocenters. The van der Waals surface area contributed by atoms with Crippen LogP contribution in [0.4, 0.5) is 4.79 Å². The second-order valence-electron chi connectivity index (χ2n) is 6.22. The highest BCUT2D eigenvalue weighted by molar-refractivity contribution is 5.85. The molecule has 2 aliphatic rings. The van der Waals surface area contributed by atoms with Crippen molar-refractivity contribution in [1.82, 2.24) is 10.2 Å². The summed E-state index contributed by atoms with van der Waals surface area (Å²) in [6, 6.07) is 0. The van der Waals surface area contributed by atoms with Crippen LogP contribution in [0.15, 0.2) is 24.3 Å². The molecular formula is C20H41ClN2O4. The van der Waals surface area contributed by atoms with E-state index in [0.717, 1.165) is 26.3 Å². The smallest absolute Gasteiger partial charge is 0.410 e. The summed E-state index contributed by atoms with van der Waals surface area (Å²) in [6.45, 7) is 13.8. The van der Waals surface area contributed by atoms with E-state index in [4.69, 9.17) is 15.6 Å². The first kappa shape index (κ1) is 28.1. The van der Waals surface area contributed by atoms with Gasteiger partial charge in [-0.1, -0.05) is 45.6 Å². The van der Waals surface area contributed by atoms with Gasteiger partial charge in [0, 0.05) is 27.5 Å². The van der Waals surface area contributed by atoms with E-state index in [1.54, 1.807) is 11.8 Å². The summed E-state index contributed by atoms with van der Waals surface area (Å²) in [5.41, 5.74) is -0.440. The van der Waals surface area contributed by atoms with Gasteiger partial charge in [0.25, 0.3) is 0 Å². The summed E-state index contributed by atoms with van der Waals surface area (Å²) >= 11 is 0. The molecule has 2 aliphatic heterocycles. The Labute approximate surface area is 174 Å². The minimum Gasteiger partial charge on any atom is -0.444 e. The van der Waals surface area contributed by atoms with Gasteiger partial charge < -0.3 is 24.4 Å². The maximum Gasteiger partial charge on any atom is 0.410 e. The number of halogens is 1. The van der Waals surface area contributed by atoms with E-state index >= 15 is 0 Å². The molecule has 0 aromatic rings. The predicted molar refractivity (Wildman–Crippen MR) is 116 cm³/mol. The Morgan fingerprint density at radius 1 is 1.15 bits per heavy atom. The highest BCUT2D eigenvalue weighted by atomic mass is 35.5. The Hall–Kier alpha value is -1.08. The van der Waals surface area contributed by atoms with E-state index in [9.17, 15) is 4.79 Å².